The monoisotopic (exact) mass is 309 g/mol. The molecule has 0 saturated heterocycles. The van der Waals surface area contributed by atoms with Gasteiger partial charge in [-0.1, -0.05) is 17.7 Å². The normalized spacial score (nSPS) is 10.9. The molecule has 1 N–H and O–H groups in total. The third-order valence-corrected chi connectivity index (χ3v) is 3.66. The zero-order valence-electron chi connectivity index (χ0n) is 10.7. The van der Waals surface area contributed by atoms with Crippen molar-refractivity contribution < 1.29 is 14.6 Å². The van der Waals surface area contributed by atoms with Crippen LogP contribution in [0.1, 0.15) is 15.4 Å². The molecule has 104 valence electrons. The van der Waals surface area contributed by atoms with Gasteiger partial charge < -0.3 is 9.84 Å². The van der Waals surface area contributed by atoms with E-state index in [0.29, 0.717) is 22.9 Å². The fourth-order valence-electron chi connectivity index (χ4n) is 1.58. The number of hydrogen-bond acceptors (Lipinski definition) is 4. The first-order chi connectivity index (χ1) is 9.56. The van der Waals surface area contributed by atoms with Gasteiger partial charge in [-0.25, -0.2) is 9.78 Å². The van der Waals surface area contributed by atoms with E-state index in [1.54, 1.807) is 35.7 Å². The van der Waals surface area contributed by atoms with Crippen molar-refractivity contribution in [2.75, 3.05) is 0 Å². The van der Waals surface area contributed by atoms with E-state index in [1.165, 1.54) is 6.08 Å². The molecule has 6 heteroatoms. The highest BCUT2D eigenvalue weighted by Crippen LogP contribution is 2.29. The van der Waals surface area contributed by atoms with E-state index in [2.05, 4.69) is 4.98 Å². The topological polar surface area (TPSA) is 59.4 Å². The van der Waals surface area contributed by atoms with Gasteiger partial charge >= 0.3 is 5.97 Å². The predicted molar refractivity (Wildman–Crippen MR) is 79.3 cm³/mol. The number of aryl methyl sites for hydroxylation is 1. The summed E-state index contributed by atoms with van der Waals surface area (Å²) in [6, 6.07) is 5.20. The quantitative estimate of drug-likeness (QED) is 0.854. The van der Waals surface area contributed by atoms with Crippen LogP contribution >= 0.6 is 22.9 Å². The molecular formula is C14H12ClNO3S. The molecule has 4 nitrogen and oxygen atoms in total. The minimum Gasteiger partial charge on any atom is -0.487 e. The first-order valence-electron chi connectivity index (χ1n) is 5.80. The van der Waals surface area contributed by atoms with Crippen molar-refractivity contribution in [3.63, 3.8) is 0 Å². The Morgan fingerprint density at radius 2 is 2.35 bits per heavy atom. The van der Waals surface area contributed by atoms with Gasteiger partial charge in [-0.3, -0.25) is 0 Å². The molecule has 0 atom stereocenters. The fourth-order valence-corrected chi connectivity index (χ4v) is 2.52. The average Bonchev–Trinajstić information content (AvgIpc) is 2.81. The van der Waals surface area contributed by atoms with Crippen LogP contribution in [-0.2, 0) is 11.4 Å². The number of aliphatic carboxylic acids is 1. The number of aromatic nitrogens is 1. The van der Waals surface area contributed by atoms with Gasteiger partial charge in [0.05, 0.1) is 14.9 Å². The molecule has 0 aliphatic carbocycles. The van der Waals surface area contributed by atoms with Gasteiger partial charge in [-0.05, 0) is 25.1 Å². The number of ether oxygens (including phenoxy) is 1. The molecule has 0 fully saturated rings. The molecule has 0 aliphatic heterocycles. The second-order valence-corrected chi connectivity index (χ2v) is 5.68. The molecule has 20 heavy (non-hydrogen) atoms. The molecule has 1 aromatic carbocycles. The predicted octanol–water partition coefficient (Wildman–Crippen LogP) is 3.78. The maximum Gasteiger partial charge on any atom is 0.328 e. The van der Waals surface area contributed by atoms with Crippen molar-refractivity contribution in [3.8, 4) is 5.75 Å². The van der Waals surface area contributed by atoms with E-state index < -0.39 is 5.97 Å². The molecule has 0 unspecified atom stereocenters. The lowest BCUT2D eigenvalue weighted by Crippen LogP contribution is -1.96. The minimum atomic E-state index is -1.03. The minimum absolute atomic E-state index is 0.375. The van der Waals surface area contributed by atoms with Gasteiger partial charge in [-0.2, -0.15) is 0 Å². The number of rotatable bonds is 5. The largest absolute Gasteiger partial charge is 0.487 e. The zero-order chi connectivity index (χ0) is 14.5. The fraction of sp³-hybridized carbons (Fsp3) is 0.143. The van der Waals surface area contributed by atoms with Gasteiger partial charge in [0.25, 0.3) is 0 Å². The molecule has 0 saturated carbocycles. The SMILES string of the molecule is Cc1ncc(COc2cccc(Cl)c2/C=C/C(=O)O)s1. The molecule has 0 aliphatic rings. The maximum atomic E-state index is 10.6. The van der Waals surface area contributed by atoms with Gasteiger partial charge in [0.1, 0.15) is 12.4 Å². The highest BCUT2D eigenvalue weighted by molar-refractivity contribution is 7.11. The number of benzene rings is 1. The van der Waals surface area contributed by atoms with Gasteiger partial charge in [-0.15, -0.1) is 11.3 Å². The van der Waals surface area contributed by atoms with Gasteiger partial charge in [0, 0.05) is 17.8 Å². The molecule has 2 rings (SSSR count). The van der Waals surface area contributed by atoms with E-state index in [9.17, 15) is 4.79 Å². The Labute approximate surface area is 125 Å². The summed E-state index contributed by atoms with van der Waals surface area (Å²) in [6.07, 6.45) is 4.22. The van der Waals surface area contributed by atoms with Crippen molar-refractivity contribution in [2.45, 2.75) is 13.5 Å². The number of thiazole rings is 1. The Morgan fingerprint density at radius 1 is 1.55 bits per heavy atom. The summed E-state index contributed by atoms with van der Waals surface area (Å²) in [4.78, 5) is 15.7. The van der Waals surface area contributed by atoms with Crippen molar-refractivity contribution >= 4 is 35.0 Å². The van der Waals surface area contributed by atoms with E-state index >= 15 is 0 Å². The van der Waals surface area contributed by atoms with Crippen molar-refractivity contribution in [2.24, 2.45) is 0 Å². The molecule has 0 radical (unpaired) electrons. The standard InChI is InChI=1S/C14H12ClNO3S/c1-9-16-7-10(20-9)8-19-13-4-2-3-12(15)11(13)5-6-14(17)18/h2-7H,8H2,1H3,(H,17,18)/b6-5+. The summed E-state index contributed by atoms with van der Waals surface area (Å²) in [5.74, 6) is -0.491. The van der Waals surface area contributed by atoms with E-state index in [-0.39, 0.29) is 0 Å². The molecule has 0 amide bonds. The first-order valence-corrected chi connectivity index (χ1v) is 6.99. The summed E-state index contributed by atoms with van der Waals surface area (Å²) < 4.78 is 5.69. The molecule has 0 bridgehead atoms. The lowest BCUT2D eigenvalue weighted by molar-refractivity contribution is -0.131. The van der Waals surface area contributed by atoms with Crippen LogP contribution in [0.2, 0.25) is 5.02 Å². The van der Waals surface area contributed by atoms with Crippen LogP contribution in [0, 0.1) is 6.92 Å². The van der Waals surface area contributed by atoms with E-state index in [0.717, 1.165) is 16.0 Å². The summed E-state index contributed by atoms with van der Waals surface area (Å²) in [5.41, 5.74) is 0.554. The molecule has 2 aromatic rings. The lowest BCUT2D eigenvalue weighted by Gasteiger charge is -2.09. The van der Waals surface area contributed by atoms with Crippen LogP contribution in [0.5, 0.6) is 5.75 Å². The van der Waals surface area contributed by atoms with Crippen LogP contribution in [0.25, 0.3) is 6.08 Å². The number of halogens is 1. The van der Waals surface area contributed by atoms with Crippen LogP contribution in [0.4, 0.5) is 0 Å². The Kier molecular flexibility index (Phi) is 4.76. The third-order valence-electron chi connectivity index (χ3n) is 2.44. The molecule has 0 spiro atoms. The number of carboxylic acids is 1. The smallest absolute Gasteiger partial charge is 0.328 e. The van der Waals surface area contributed by atoms with Crippen molar-refractivity contribution in [1.82, 2.24) is 4.98 Å². The third kappa shape index (κ3) is 3.82. The summed E-state index contributed by atoms with van der Waals surface area (Å²) in [7, 11) is 0. The van der Waals surface area contributed by atoms with Crippen molar-refractivity contribution in [3.05, 3.63) is 50.9 Å². The Hall–Kier alpha value is -1.85. The second kappa shape index (κ2) is 6.54. The van der Waals surface area contributed by atoms with Crippen LogP contribution < -0.4 is 4.74 Å². The van der Waals surface area contributed by atoms with Gasteiger partial charge in [0.2, 0.25) is 0 Å². The lowest BCUT2D eigenvalue weighted by atomic mass is 10.2. The maximum absolute atomic E-state index is 10.6. The highest BCUT2D eigenvalue weighted by Gasteiger charge is 2.07. The Bertz CT molecular complexity index is 652. The number of hydrogen-bond donors (Lipinski definition) is 1. The summed E-state index contributed by atoms with van der Waals surface area (Å²) in [5, 5.41) is 10.1. The van der Waals surface area contributed by atoms with E-state index in [1.807, 2.05) is 6.92 Å². The van der Waals surface area contributed by atoms with Crippen molar-refractivity contribution in [1.29, 1.82) is 0 Å². The van der Waals surface area contributed by atoms with E-state index in [4.69, 9.17) is 21.4 Å². The molecular weight excluding hydrogens is 298 g/mol. The zero-order valence-corrected chi connectivity index (χ0v) is 12.2. The second-order valence-electron chi connectivity index (χ2n) is 3.96. The Balaban J connectivity index is 2.18. The molecule has 1 aromatic heterocycles. The van der Waals surface area contributed by atoms with Crippen LogP contribution in [0.15, 0.2) is 30.5 Å². The summed E-state index contributed by atoms with van der Waals surface area (Å²) in [6.45, 7) is 2.30. The summed E-state index contributed by atoms with van der Waals surface area (Å²) >= 11 is 7.62. The molecule has 1 heterocycles. The van der Waals surface area contributed by atoms with Crippen LogP contribution in [-0.4, -0.2) is 16.1 Å². The van der Waals surface area contributed by atoms with Crippen LogP contribution in [0.3, 0.4) is 0 Å². The number of carboxylic acid groups (broad SMARTS) is 1. The highest BCUT2D eigenvalue weighted by atomic mass is 35.5. The first kappa shape index (κ1) is 14.6. The average molecular weight is 310 g/mol. The Morgan fingerprint density at radius 3 is 3.00 bits per heavy atom. The van der Waals surface area contributed by atoms with Gasteiger partial charge in [0.15, 0.2) is 0 Å². The number of nitrogens with zero attached hydrogens (tertiary/aromatic N) is 1. The number of carbonyl (C=O) groups is 1.